The number of carbonyl (C=O) groups excluding carboxylic acids is 1. The number of rotatable bonds is 5. The molecular weight excluding hydrogens is 319 g/mol. The van der Waals surface area contributed by atoms with Crippen LogP contribution in [0, 0.1) is 12.7 Å². The van der Waals surface area contributed by atoms with Gasteiger partial charge in [-0.2, -0.15) is 0 Å². The minimum atomic E-state index is -0.320. The van der Waals surface area contributed by atoms with E-state index in [4.69, 9.17) is 0 Å². The molecule has 0 aliphatic heterocycles. The van der Waals surface area contributed by atoms with Crippen LogP contribution in [-0.4, -0.2) is 15.9 Å². The number of nitrogens with one attached hydrogen (secondary N) is 2. The van der Waals surface area contributed by atoms with Crippen molar-refractivity contribution >= 4 is 17.5 Å². The lowest BCUT2D eigenvalue weighted by molar-refractivity contribution is 0.0946. The molecule has 2 aromatic carbocycles. The number of hydrogen-bond donors (Lipinski definition) is 2. The number of carbonyl (C=O) groups is 1. The maximum atomic E-state index is 12.9. The lowest BCUT2D eigenvalue weighted by Gasteiger charge is -2.09. The molecular formula is C19H17FN4O. The second kappa shape index (κ2) is 7.53. The lowest BCUT2D eigenvalue weighted by atomic mass is 10.2. The summed E-state index contributed by atoms with van der Waals surface area (Å²) in [6.45, 7) is 2.27. The van der Waals surface area contributed by atoms with Gasteiger partial charge in [-0.1, -0.05) is 30.3 Å². The largest absolute Gasteiger partial charge is 0.347 e. The van der Waals surface area contributed by atoms with E-state index in [-0.39, 0.29) is 17.4 Å². The van der Waals surface area contributed by atoms with Gasteiger partial charge in [0.1, 0.15) is 11.5 Å². The summed E-state index contributed by atoms with van der Waals surface area (Å²) in [4.78, 5) is 20.6. The summed E-state index contributed by atoms with van der Waals surface area (Å²) in [5.74, 6) is -0.277. The zero-order valence-electron chi connectivity index (χ0n) is 13.7. The standard InChI is InChI=1S/C19H17FN4O/c1-13-4-2-3-5-16(13)23-19-21-11-10-17(24-19)18(25)22-12-14-6-8-15(20)9-7-14/h2-11H,12H2,1H3,(H,22,25)(H,21,23,24). The molecule has 0 spiro atoms. The molecule has 0 aliphatic carbocycles. The fourth-order valence-corrected chi connectivity index (χ4v) is 2.25. The average molecular weight is 336 g/mol. The Bertz CT molecular complexity index is 881. The Kier molecular flexibility index (Phi) is 4.99. The average Bonchev–Trinajstić information content (AvgIpc) is 2.63. The van der Waals surface area contributed by atoms with Gasteiger partial charge in [0.15, 0.2) is 0 Å². The zero-order chi connectivity index (χ0) is 17.6. The first-order valence-corrected chi connectivity index (χ1v) is 7.80. The normalized spacial score (nSPS) is 10.3. The van der Waals surface area contributed by atoms with Gasteiger partial charge in [-0.3, -0.25) is 4.79 Å². The number of halogens is 1. The van der Waals surface area contributed by atoms with Gasteiger partial charge in [-0.05, 0) is 42.3 Å². The summed E-state index contributed by atoms with van der Waals surface area (Å²) in [6.07, 6.45) is 1.53. The molecule has 0 bridgehead atoms. The quantitative estimate of drug-likeness (QED) is 0.747. The third-order valence-corrected chi connectivity index (χ3v) is 3.65. The molecule has 1 heterocycles. The molecule has 1 aromatic heterocycles. The number of anilines is 2. The molecule has 0 aliphatic rings. The van der Waals surface area contributed by atoms with Crippen molar-refractivity contribution in [2.75, 3.05) is 5.32 Å². The van der Waals surface area contributed by atoms with Crippen molar-refractivity contribution in [2.45, 2.75) is 13.5 Å². The van der Waals surface area contributed by atoms with E-state index >= 15 is 0 Å². The van der Waals surface area contributed by atoms with Crippen molar-refractivity contribution in [2.24, 2.45) is 0 Å². The van der Waals surface area contributed by atoms with Crippen molar-refractivity contribution in [1.29, 1.82) is 0 Å². The molecule has 0 radical (unpaired) electrons. The molecule has 2 N–H and O–H groups in total. The van der Waals surface area contributed by atoms with Crippen LogP contribution in [0.15, 0.2) is 60.8 Å². The third kappa shape index (κ3) is 4.38. The number of nitrogens with zero attached hydrogens (tertiary/aromatic N) is 2. The minimum absolute atomic E-state index is 0.258. The van der Waals surface area contributed by atoms with Crippen molar-refractivity contribution in [3.8, 4) is 0 Å². The molecule has 3 rings (SSSR count). The van der Waals surface area contributed by atoms with E-state index in [0.29, 0.717) is 12.5 Å². The number of para-hydroxylation sites is 1. The fourth-order valence-electron chi connectivity index (χ4n) is 2.25. The van der Waals surface area contributed by atoms with Crippen molar-refractivity contribution in [3.63, 3.8) is 0 Å². The van der Waals surface area contributed by atoms with Gasteiger partial charge >= 0.3 is 0 Å². The van der Waals surface area contributed by atoms with E-state index in [0.717, 1.165) is 16.8 Å². The number of benzene rings is 2. The Morgan fingerprint density at radius 2 is 1.84 bits per heavy atom. The monoisotopic (exact) mass is 336 g/mol. The van der Waals surface area contributed by atoms with Crippen molar-refractivity contribution < 1.29 is 9.18 Å². The molecule has 5 nitrogen and oxygen atoms in total. The first-order chi connectivity index (χ1) is 12.1. The molecule has 0 atom stereocenters. The molecule has 126 valence electrons. The fraction of sp³-hybridized carbons (Fsp3) is 0.105. The molecule has 0 fully saturated rings. The lowest BCUT2D eigenvalue weighted by Crippen LogP contribution is -2.24. The van der Waals surface area contributed by atoms with Crippen LogP contribution in [0.1, 0.15) is 21.6 Å². The van der Waals surface area contributed by atoms with Crippen LogP contribution in [0.4, 0.5) is 16.0 Å². The highest BCUT2D eigenvalue weighted by molar-refractivity contribution is 5.92. The Hall–Kier alpha value is -3.28. The van der Waals surface area contributed by atoms with Crippen LogP contribution in [0.5, 0.6) is 0 Å². The summed E-state index contributed by atoms with van der Waals surface area (Å²) >= 11 is 0. The van der Waals surface area contributed by atoms with E-state index in [2.05, 4.69) is 20.6 Å². The van der Waals surface area contributed by atoms with Crippen LogP contribution in [-0.2, 0) is 6.54 Å². The summed E-state index contributed by atoms with van der Waals surface area (Å²) in [7, 11) is 0. The Morgan fingerprint density at radius 3 is 2.60 bits per heavy atom. The SMILES string of the molecule is Cc1ccccc1Nc1nccc(C(=O)NCc2ccc(F)cc2)n1. The van der Waals surface area contributed by atoms with E-state index in [1.54, 1.807) is 18.2 Å². The summed E-state index contributed by atoms with van der Waals surface area (Å²) < 4.78 is 12.9. The topological polar surface area (TPSA) is 66.9 Å². The van der Waals surface area contributed by atoms with Gasteiger partial charge in [0, 0.05) is 18.4 Å². The number of amides is 1. The summed E-state index contributed by atoms with van der Waals surface area (Å²) in [5, 5.41) is 5.86. The molecule has 25 heavy (non-hydrogen) atoms. The van der Waals surface area contributed by atoms with Gasteiger partial charge < -0.3 is 10.6 Å². The third-order valence-electron chi connectivity index (χ3n) is 3.65. The Labute approximate surface area is 145 Å². The van der Waals surface area contributed by atoms with Crippen LogP contribution < -0.4 is 10.6 Å². The number of aromatic nitrogens is 2. The van der Waals surface area contributed by atoms with Crippen LogP contribution in [0.3, 0.4) is 0 Å². The van der Waals surface area contributed by atoms with E-state index in [9.17, 15) is 9.18 Å². The second-order valence-electron chi connectivity index (χ2n) is 5.51. The number of aryl methyl sites for hydroxylation is 1. The highest BCUT2D eigenvalue weighted by Gasteiger charge is 2.09. The van der Waals surface area contributed by atoms with Gasteiger partial charge in [0.2, 0.25) is 5.95 Å². The van der Waals surface area contributed by atoms with Crippen molar-refractivity contribution in [3.05, 3.63) is 83.4 Å². The van der Waals surface area contributed by atoms with E-state index in [1.807, 2.05) is 31.2 Å². The molecule has 1 amide bonds. The van der Waals surface area contributed by atoms with E-state index < -0.39 is 0 Å². The molecule has 3 aromatic rings. The second-order valence-corrected chi connectivity index (χ2v) is 5.51. The van der Waals surface area contributed by atoms with Gasteiger partial charge in [0.25, 0.3) is 5.91 Å². The molecule has 6 heteroatoms. The summed E-state index contributed by atoms with van der Waals surface area (Å²) in [6, 6.07) is 15.3. The Morgan fingerprint density at radius 1 is 1.08 bits per heavy atom. The predicted octanol–water partition coefficient (Wildman–Crippen LogP) is 3.60. The first-order valence-electron chi connectivity index (χ1n) is 7.80. The molecule has 0 saturated heterocycles. The molecule has 0 unspecified atom stereocenters. The van der Waals surface area contributed by atoms with E-state index in [1.165, 1.54) is 18.3 Å². The van der Waals surface area contributed by atoms with Gasteiger partial charge in [0.05, 0.1) is 0 Å². The van der Waals surface area contributed by atoms with Gasteiger partial charge in [-0.15, -0.1) is 0 Å². The minimum Gasteiger partial charge on any atom is -0.347 e. The van der Waals surface area contributed by atoms with Crippen LogP contribution in [0.25, 0.3) is 0 Å². The van der Waals surface area contributed by atoms with Crippen molar-refractivity contribution in [1.82, 2.24) is 15.3 Å². The van der Waals surface area contributed by atoms with Crippen LogP contribution in [0.2, 0.25) is 0 Å². The first kappa shape index (κ1) is 16.6. The predicted molar refractivity (Wildman–Crippen MR) is 94.1 cm³/mol. The summed E-state index contributed by atoms with van der Waals surface area (Å²) in [5.41, 5.74) is 3.00. The maximum Gasteiger partial charge on any atom is 0.270 e. The number of hydrogen-bond acceptors (Lipinski definition) is 4. The zero-order valence-corrected chi connectivity index (χ0v) is 13.7. The highest BCUT2D eigenvalue weighted by atomic mass is 19.1. The molecule has 0 saturated carbocycles. The van der Waals surface area contributed by atoms with Crippen LogP contribution >= 0.6 is 0 Å². The Balaban J connectivity index is 1.67. The maximum absolute atomic E-state index is 12.9. The van der Waals surface area contributed by atoms with Gasteiger partial charge in [-0.25, -0.2) is 14.4 Å². The highest BCUT2D eigenvalue weighted by Crippen LogP contribution is 2.17. The smallest absolute Gasteiger partial charge is 0.270 e.